The van der Waals surface area contributed by atoms with E-state index in [1.165, 1.54) is 19.2 Å². The first-order valence-corrected chi connectivity index (χ1v) is 15.0. The lowest BCUT2D eigenvalue weighted by Crippen LogP contribution is -2.42. The van der Waals surface area contributed by atoms with Crippen molar-refractivity contribution in [2.45, 2.75) is 32.5 Å². The van der Waals surface area contributed by atoms with Crippen LogP contribution in [0.4, 0.5) is 14.5 Å². The summed E-state index contributed by atoms with van der Waals surface area (Å²) >= 11 is 1.58. The number of para-hydroxylation sites is 1. The Labute approximate surface area is 249 Å². The van der Waals surface area contributed by atoms with Crippen LogP contribution in [0.1, 0.15) is 33.5 Å². The van der Waals surface area contributed by atoms with Gasteiger partial charge in [0.2, 0.25) is 0 Å². The van der Waals surface area contributed by atoms with Crippen LogP contribution in [-0.2, 0) is 22.6 Å². The summed E-state index contributed by atoms with van der Waals surface area (Å²) in [5, 5.41) is 2.87. The van der Waals surface area contributed by atoms with Crippen molar-refractivity contribution >= 4 is 29.3 Å². The van der Waals surface area contributed by atoms with Gasteiger partial charge in [0.1, 0.15) is 17.7 Å². The molecular formula is C34H34F2N2O3S. The van der Waals surface area contributed by atoms with Crippen molar-refractivity contribution in [3.63, 3.8) is 0 Å². The number of rotatable bonds is 12. The Morgan fingerprint density at radius 3 is 2.33 bits per heavy atom. The van der Waals surface area contributed by atoms with Gasteiger partial charge in [-0.05, 0) is 77.9 Å². The highest BCUT2D eigenvalue weighted by Crippen LogP contribution is 2.30. The summed E-state index contributed by atoms with van der Waals surface area (Å²) in [6, 6.07) is 25.8. The summed E-state index contributed by atoms with van der Waals surface area (Å²) in [5.41, 5.74) is 5.16. The molecule has 4 aromatic rings. The van der Waals surface area contributed by atoms with Gasteiger partial charge in [0, 0.05) is 36.0 Å². The zero-order valence-electron chi connectivity index (χ0n) is 23.9. The van der Waals surface area contributed by atoms with E-state index in [2.05, 4.69) is 5.32 Å². The average Bonchev–Trinajstić information content (AvgIpc) is 3.00. The monoisotopic (exact) mass is 588 g/mol. The number of carbonyl (C=O) groups is 2. The number of methoxy groups -OCH3 is 1. The number of esters is 1. The summed E-state index contributed by atoms with van der Waals surface area (Å²) in [7, 11) is 1.31. The van der Waals surface area contributed by atoms with E-state index in [4.69, 9.17) is 4.74 Å². The Hall–Kier alpha value is -4.17. The minimum Gasteiger partial charge on any atom is -0.467 e. The lowest BCUT2D eigenvalue weighted by molar-refractivity contribution is -0.142. The predicted octanol–water partition coefficient (Wildman–Crippen LogP) is 7.17. The van der Waals surface area contributed by atoms with Crippen LogP contribution in [0.25, 0.3) is 11.1 Å². The van der Waals surface area contributed by atoms with Crippen molar-refractivity contribution in [3.05, 3.63) is 125 Å². The molecule has 0 aliphatic heterocycles. The summed E-state index contributed by atoms with van der Waals surface area (Å²) in [6.07, 6.45) is 2.39. The normalized spacial score (nSPS) is 11.5. The van der Waals surface area contributed by atoms with Crippen molar-refractivity contribution in [1.82, 2.24) is 5.32 Å². The molecule has 0 bridgehead atoms. The molecule has 0 saturated heterocycles. The quantitative estimate of drug-likeness (QED) is 0.178. The zero-order valence-corrected chi connectivity index (χ0v) is 24.7. The number of hydrogen-bond acceptors (Lipinski definition) is 5. The molecule has 1 amide bonds. The molecule has 8 heteroatoms. The van der Waals surface area contributed by atoms with Gasteiger partial charge in [-0.3, -0.25) is 4.79 Å². The van der Waals surface area contributed by atoms with Crippen LogP contribution in [0.5, 0.6) is 0 Å². The Morgan fingerprint density at radius 2 is 1.64 bits per heavy atom. The molecule has 0 spiro atoms. The summed E-state index contributed by atoms with van der Waals surface area (Å²) < 4.78 is 33.2. The molecular weight excluding hydrogens is 554 g/mol. The molecule has 1 unspecified atom stereocenters. The molecule has 1 N–H and O–H groups in total. The van der Waals surface area contributed by atoms with Crippen LogP contribution in [0.3, 0.4) is 0 Å². The Kier molecular flexibility index (Phi) is 10.7. The molecule has 218 valence electrons. The Morgan fingerprint density at radius 1 is 0.905 bits per heavy atom. The molecule has 4 aromatic carbocycles. The van der Waals surface area contributed by atoms with Gasteiger partial charge >= 0.3 is 5.97 Å². The Balaban J connectivity index is 1.72. The smallest absolute Gasteiger partial charge is 0.328 e. The first-order valence-electron chi connectivity index (χ1n) is 13.6. The van der Waals surface area contributed by atoms with Crippen molar-refractivity contribution in [1.29, 1.82) is 0 Å². The van der Waals surface area contributed by atoms with Crippen LogP contribution in [-0.4, -0.2) is 37.0 Å². The minimum absolute atomic E-state index is 0.217. The second-order valence-corrected chi connectivity index (χ2v) is 10.9. The predicted molar refractivity (Wildman–Crippen MR) is 166 cm³/mol. The summed E-state index contributed by atoms with van der Waals surface area (Å²) in [4.78, 5) is 28.0. The summed E-state index contributed by atoms with van der Waals surface area (Å²) in [5.74, 6) is -1.40. The maximum Gasteiger partial charge on any atom is 0.328 e. The van der Waals surface area contributed by atoms with Gasteiger partial charge in [0.25, 0.3) is 5.91 Å². The van der Waals surface area contributed by atoms with Crippen LogP contribution >= 0.6 is 11.8 Å². The van der Waals surface area contributed by atoms with Gasteiger partial charge in [0.05, 0.1) is 7.11 Å². The minimum atomic E-state index is -0.765. The number of aryl methyl sites for hydroxylation is 1. The van der Waals surface area contributed by atoms with Crippen LogP contribution in [0.15, 0.2) is 91.0 Å². The molecule has 0 aliphatic rings. The van der Waals surface area contributed by atoms with Gasteiger partial charge < -0.3 is 15.0 Å². The first kappa shape index (κ1) is 30.8. The number of carbonyl (C=O) groups excluding carboxylic acids is 2. The van der Waals surface area contributed by atoms with E-state index in [1.807, 2.05) is 84.8 Å². The van der Waals surface area contributed by atoms with Gasteiger partial charge in [-0.15, -0.1) is 0 Å². The van der Waals surface area contributed by atoms with E-state index in [9.17, 15) is 18.4 Å². The average molecular weight is 589 g/mol. The third-order valence-corrected chi connectivity index (χ3v) is 7.68. The number of thioether (sulfide) groups is 1. The largest absolute Gasteiger partial charge is 0.467 e. The van der Waals surface area contributed by atoms with Gasteiger partial charge in [-0.2, -0.15) is 11.8 Å². The molecule has 5 nitrogen and oxygen atoms in total. The molecule has 0 aliphatic carbocycles. The highest BCUT2D eigenvalue weighted by molar-refractivity contribution is 7.98. The topological polar surface area (TPSA) is 58.6 Å². The number of amides is 1. The molecule has 0 heterocycles. The highest BCUT2D eigenvalue weighted by atomic mass is 32.2. The molecule has 0 radical (unpaired) electrons. The third-order valence-electron chi connectivity index (χ3n) is 7.04. The Bertz CT molecular complexity index is 1530. The van der Waals surface area contributed by atoms with Crippen LogP contribution < -0.4 is 10.2 Å². The molecule has 42 heavy (non-hydrogen) atoms. The van der Waals surface area contributed by atoms with Crippen molar-refractivity contribution in [2.75, 3.05) is 24.0 Å². The number of ether oxygens (including phenoxy) is 1. The fourth-order valence-electron chi connectivity index (χ4n) is 4.80. The number of nitrogens with zero attached hydrogens (tertiary/aromatic N) is 1. The maximum atomic E-state index is 14.7. The zero-order chi connectivity index (χ0) is 30.1. The number of nitrogens with one attached hydrogen (secondary N) is 1. The fourth-order valence-corrected chi connectivity index (χ4v) is 5.27. The second kappa shape index (κ2) is 14.6. The highest BCUT2D eigenvalue weighted by Gasteiger charge is 2.24. The second-order valence-electron chi connectivity index (χ2n) is 9.95. The first-order chi connectivity index (χ1) is 20.3. The fraction of sp³-hybridized carbons (Fsp3) is 0.235. The SMILES string of the molecule is COC(=O)C(CCSC)NC(=O)c1ccc(CN(Cc2ccc(F)cc2F)c2ccccc2)cc1-c1ccccc1C. The van der Waals surface area contributed by atoms with E-state index in [1.54, 1.807) is 17.8 Å². The van der Waals surface area contributed by atoms with E-state index in [-0.39, 0.29) is 12.5 Å². The van der Waals surface area contributed by atoms with E-state index in [0.717, 1.165) is 34.0 Å². The van der Waals surface area contributed by atoms with Gasteiger partial charge in [0.15, 0.2) is 0 Å². The van der Waals surface area contributed by atoms with Crippen LogP contribution in [0.2, 0.25) is 0 Å². The number of halogens is 2. The molecule has 0 saturated carbocycles. The molecule has 1 atom stereocenters. The van der Waals surface area contributed by atoms with Crippen molar-refractivity contribution in [2.24, 2.45) is 0 Å². The lowest BCUT2D eigenvalue weighted by Gasteiger charge is -2.26. The number of hydrogen-bond donors (Lipinski definition) is 1. The molecule has 0 fully saturated rings. The molecule has 0 aromatic heterocycles. The van der Waals surface area contributed by atoms with E-state index in [0.29, 0.717) is 29.8 Å². The third kappa shape index (κ3) is 7.76. The van der Waals surface area contributed by atoms with E-state index < -0.39 is 23.6 Å². The standard InChI is InChI=1S/C34H34F2N2O3S/c1-23-9-7-8-12-28(23)30-19-24(13-16-29(30)33(39)37-32(17-18-42-3)34(40)41-2)21-38(27-10-5-4-6-11-27)22-25-14-15-26(35)20-31(25)36/h4-16,19-20,32H,17-18,21-22H2,1-3H3,(H,37,39). The van der Waals surface area contributed by atoms with E-state index >= 15 is 0 Å². The van der Waals surface area contributed by atoms with Crippen LogP contribution in [0, 0.1) is 18.6 Å². The van der Waals surface area contributed by atoms with Gasteiger partial charge in [-0.25, -0.2) is 13.6 Å². The molecule has 4 rings (SSSR count). The maximum absolute atomic E-state index is 14.7. The summed E-state index contributed by atoms with van der Waals surface area (Å²) in [6.45, 7) is 2.60. The van der Waals surface area contributed by atoms with Crippen molar-refractivity contribution in [3.8, 4) is 11.1 Å². The number of anilines is 1. The number of benzene rings is 4. The van der Waals surface area contributed by atoms with Crippen molar-refractivity contribution < 1.29 is 23.1 Å². The lowest BCUT2D eigenvalue weighted by atomic mass is 9.93. The van der Waals surface area contributed by atoms with Gasteiger partial charge in [-0.1, -0.05) is 54.6 Å².